The first kappa shape index (κ1) is 22.1. The fraction of sp³-hybridized carbons (Fsp3) is 0.455. The molecule has 1 aromatic carbocycles. The number of nitrogen functional groups attached to an aromatic ring is 1. The highest BCUT2D eigenvalue weighted by Gasteiger charge is 2.39. The smallest absolute Gasteiger partial charge is 0.268 e. The van der Waals surface area contributed by atoms with Gasteiger partial charge >= 0.3 is 0 Å². The first-order valence-corrected chi connectivity index (χ1v) is 13.2. The number of imidazole rings is 1. The maximum Gasteiger partial charge on any atom is 0.268 e. The lowest BCUT2D eigenvalue weighted by molar-refractivity contribution is 0.0984. The number of rotatable bonds is 8. The number of carbonyl (C=O) groups excluding carboxylic acids is 1. The number of nitrogens with zero attached hydrogens (tertiary/aromatic N) is 3. The summed E-state index contributed by atoms with van der Waals surface area (Å²) in [4.78, 5) is 15.6. The second-order valence-corrected chi connectivity index (χ2v) is 14.1. The van der Waals surface area contributed by atoms with Crippen molar-refractivity contribution in [1.29, 1.82) is 0 Å². The van der Waals surface area contributed by atoms with Gasteiger partial charge in [0.2, 0.25) is 0 Å². The molecule has 2 aromatic heterocycles. The van der Waals surface area contributed by atoms with Gasteiger partial charge in [-0.05, 0) is 54.6 Å². The highest BCUT2D eigenvalue weighted by atomic mass is 28.4. The van der Waals surface area contributed by atoms with Crippen LogP contribution >= 0.6 is 0 Å². The van der Waals surface area contributed by atoms with E-state index in [1.165, 1.54) is 5.39 Å². The molecule has 0 unspecified atom stereocenters. The van der Waals surface area contributed by atoms with Gasteiger partial charge in [0, 0.05) is 24.6 Å². The molecule has 0 bridgehead atoms. The molecule has 162 valence electrons. The quantitative estimate of drug-likeness (QED) is 0.407. The molecule has 2 heterocycles. The zero-order chi connectivity index (χ0) is 22.1. The topological polar surface area (TPSA) is 101 Å². The number of nitrogens with two attached hydrogens (primary N) is 2. The molecular formula is C22H33N5O2Si. The Hall–Kier alpha value is -2.58. The van der Waals surface area contributed by atoms with E-state index in [1.807, 2.05) is 22.8 Å². The lowest BCUT2D eigenvalue weighted by Gasteiger charge is -2.39. The van der Waals surface area contributed by atoms with E-state index in [1.54, 1.807) is 12.5 Å². The Labute approximate surface area is 179 Å². The molecule has 0 aliphatic rings. The van der Waals surface area contributed by atoms with E-state index in [2.05, 4.69) is 55.7 Å². The van der Waals surface area contributed by atoms with Gasteiger partial charge in [-0.1, -0.05) is 26.8 Å². The molecule has 7 nitrogen and oxygen atoms in total. The molecule has 0 aliphatic carbocycles. The minimum atomic E-state index is -2.02. The van der Waals surface area contributed by atoms with E-state index in [4.69, 9.17) is 15.9 Å². The van der Waals surface area contributed by atoms with Crippen LogP contribution in [0.25, 0.3) is 10.9 Å². The first-order chi connectivity index (χ1) is 14.0. The van der Waals surface area contributed by atoms with E-state index in [9.17, 15) is 4.79 Å². The second-order valence-electron chi connectivity index (χ2n) is 9.37. The Bertz CT molecular complexity index is 1030. The number of hydrogen-bond donors (Lipinski definition) is 2. The third kappa shape index (κ3) is 4.76. The van der Waals surface area contributed by atoms with Crippen molar-refractivity contribution in [1.82, 2.24) is 14.1 Å². The largest absolute Gasteiger partial charge is 0.399 e. The van der Waals surface area contributed by atoms with Crippen molar-refractivity contribution in [2.75, 3.05) is 5.73 Å². The zero-order valence-corrected chi connectivity index (χ0v) is 19.6. The van der Waals surface area contributed by atoms with Gasteiger partial charge in [0.25, 0.3) is 5.91 Å². The van der Waals surface area contributed by atoms with Gasteiger partial charge in [-0.2, -0.15) is 0 Å². The predicted octanol–water partition coefficient (Wildman–Crippen LogP) is 4.52. The highest BCUT2D eigenvalue weighted by molar-refractivity contribution is 6.74. The number of hydrogen-bond acceptors (Lipinski definition) is 4. The van der Waals surface area contributed by atoms with Crippen LogP contribution in [0.4, 0.5) is 5.69 Å². The van der Waals surface area contributed by atoms with Crippen molar-refractivity contribution in [3.8, 4) is 0 Å². The van der Waals surface area contributed by atoms with E-state index in [-0.39, 0.29) is 17.0 Å². The molecule has 8 heteroatoms. The first-order valence-electron chi connectivity index (χ1n) is 10.3. The van der Waals surface area contributed by atoms with Crippen molar-refractivity contribution < 1.29 is 9.22 Å². The fourth-order valence-corrected chi connectivity index (χ4v) is 4.51. The van der Waals surface area contributed by atoms with Crippen molar-refractivity contribution in [2.45, 2.75) is 64.5 Å². The zero-order valence-electron chi connectivity index (χ0n) is 18.6. The number of anilines is 1. The summed E-state index contributed by atoms with van der Waals surface area (Å²) >= 11 is 0. The summed E-state index contributed by atoms with van der Waals surface area (Å²) in [5, 5.41) is 1.26. The molecule has 0 fully saturated rings. The molecule has 0 saturated carbocycles. The molecule has 0 radical (unpaired) electrons. The Morgan fingerprint density at radius 3 is 2.63 bits per heavy atom. The number of benzene rings is 1. The molecule has 3 rings (SSSR count). The summed E-state index contributed by atoms with van der Waals surface area (Å²) in [5.41, 5.74) is 13.5. The number of fused-ring (bicyclic) bond motifs is 1. The van der Waals surface area contributed by atoms with Crippen molar-refractivity contribution >= 4 is 30.8 Å². The van der Waals surface area contributed by atoms with Gasteiger partial charge in [-0.3, -0.25) is 4.79 Å². The van der Waals surface area contributed by atoms with Crippen LogP contribution in [-0.2, 0) is 11.0 Å². The summed E-state index contributed by atoms with van der Waals surface area (Å²) in [7, 11) is -2.02. The summed E-state index contributed by atoms with van der Waals surface area (Å²) in [6.45, 7) is 12.0. The number of aryl methyl sites for hydroxylation is 1. The third-order valence-corrected chi connectivity index (χ3v) is 10.5. The number of primary amides is 1. The lowest BCUT2D eigenvalue weighted by atomic mass is 10.2. The van der Waals surface area contributed by atoms with Crippen LogP contribution in [0, 0.1) is 0 Å². The van der Waals surface area contributed by atoms with Gasteiger partial charge in [0.1, 0.15) is 11.9 Å². The van der Waals surface area contributed by atoms with Crippen LogP contribution in [0.3, 0.4) is 0 Å². The maximum atomic E-state index is 11.5. The number of aromatic nitrogens is 3. The summed E-state index contributed by atoms with van der Waals surface area (Å²) in [6.07, 6.45) is 6.93. The molecule has 1 amide bonds. The molecular weight excluding hydrogens is 394 g/mol. The minimum Gasteiger partial charge on any atom is -0.399 e. The van der Waals surface area contributed by atoms with E-state index in [0.717, 1.165) is 30.6 Å². The van der Waals surface area contributed by atoms with Crippen molar-refractivity contribution in [3.05, 3.63) is 48.7 Å². The van der Waals surface area contributed by atoms with E-state index >= 15 is 0 Å². The monoisotopic (exact) mass is 427 g/mol. The van der Waals surface area contributed by atoms with Gasteiger partial charge in [0.15, 0.2) is 8.32 Å². The summed E-state index contributed by atoms with van der Waals surface area (Å²) in [6, 6.07) is 8.08. The maximum absolute atomic E-state index is 11.5. The Balaban J connectivity index is 1.77. The minimum absolute atomic E-state index is 0.0759. The summed E-state index contributed by atoms with van der Waals surface area (Å²) in [5.74, 6) is -0.531. The van der Waals surface area contributed by atoms with E-state index < -0.39 is 14.2 Å². The van der Waals surface area contributed by atoms with Crippen molar-refractivity contribution in [2.24, 2.45) is 5.73 Å². The predicted molar refractivity (Wildman–Crippen MR) is 124 cm³/mol. The van der Waals surface area contributed by atoms with Crippen LogP contribution in [0.15, 0.2) is 43.0 Å². The normalized spacial score (nSPS) is 13.6. The summed E-state index contributed by atoms with van der Waals surface area (Å²) < 4.78 is 10.8. The van der Waals surface area contributed by atoms with Crippen LogP contribution in [0.2, 0.25) is 18.1 Å². The molecule has 4 N–H and O–H groups in total. The average Bonchev–Trinajstić information content (AvgIpc) is 3.27. The highest BCUT2D eigenvalue weighted by Crippen LogP contribution is 2.39. The fourth-order valence-electron chi connectivity index (χ4n) is 3.24. The Morgan fingerprint density at radius 2 is 2.00 bits per heavy atom. The van der Waals surface area contributed by atoms with Crippen LogP contribution in [-0.4, -0.2) is 28.3 Å². The van der Waals surface area contributed by atoms with Crippen LogP contribution in [0.5, 0.6) is 0 Å². The average molecular weight is 428 g/mol. The molecule has 0 aliphatic heterocycles. The van der Waals surface area contributed by atoms with E-state index in [0.29, 0.717) is 0 Å². The second kappa shape index (κ2) is 8.27. The van der Waals surface area contributed by atoms with Gasteiger partial charge in [-0.25, -0.2) is 4.98 Å². The molecule has 0 spiro atoms. The number of carbonyl (C=O) groups is 1. The van der Waals surface area contributed by atoms with Gasteiger partial charge in [0.05, 0.1) is 11.8 Å². The van der Waals surface area contributed by atoms with Crippen molar-refractivity contribution in [3.63, 3.8) is 0 Å². The number of amides is 1. The third-order valence-electron chi connectivity index (χ3n) is 6.07. The standard InChI is InChI=1S/C22H33N5O2Si/c1-22(2,3)30(4,5)29-20(27-14-18(21(24)28)25-15-27)7-6-11-26-12-10-16-8-9-17(23)13-19(16)26/h8-10,12-15,20H,6-7,11,23H2,1-5H3,(H2,24,28)/t20-/m1/s1. The Kier molecular flexibility index (Phi) is 6.10. The lowest BCUT2D eigenvalue weighted by Crippen LogP contribution is -2.42. The van der Waals surface area contributed by atoms with Crippen LogP contribution < -0.4 is 11.5 Å². The molecule has 30 heavy (non-hydrogen) atoms. The SMILES string of the molecule is CC(C)(C)[Si](C)(C)O[C@H](CCCn1ccc2ccc(N)cc21)n1cnc(C(N)=O)c1. The molecule has 3 aromatic rings. The van der Waals surface area contributed by atoms with Crippen LogP contribution in [0.1, 0.15) is 50.3 Å². The Morgan fingerprint density at radius 1 is 1.27 bits per heavy atom. The van der Waals surface area contributed by atoms with Gasteiger partial charge < -0.3 is 25.0 Å². The molecule has 1 atom stereocenters. The van der Waals surface area contributed by atoms with Gasteiger partial charge in [-0.15, -0.1) is 0 Å². The molecule has 0 saturated heterocycles.